The van der Waals surface area contributed by atoms with Gasteiger partial charge in [-0.25, -0.2) is 9.67 Å². The number of piperidine rings is 1. The molecule has 5 amide bonds. The molecular weight excluding hydrogens is 1190 g/mol. The van der Waals surface area contributed by atoms with Gasteiger partial charge in [0.15, 0.2) is 5.69 Å². The summed E-state index contributed by atoms with van der Waals surface area (Å²) in [5.41, 5.74) is 4.24. The number of unbranched alkanes of at least 4 members (excludes halogenated alkanes) is 1. The van der Waals surface area contributed by atoms with E-state index in [9.17, 15) is 37.5 Å². The Morgan fingerprint density at radius 3 is 2.26 bits per heavy atom. The van der Waals surface area contributed by atoms with E-state index in [0.717, 1.165) is 40.0 Å². The second kappa shape index (κ2) is 30.7. The molecule has 0 spiro atoms. The number of likely N-dealkylation sites (tertiary alicyclic amines) is 1. The molecule has 0 bridgehead atoms. The molecule has 5 heterocycles. The minimum atomic E-state index is -4.34. The molecule has 0 unspecified atom stereocenters. The van der Waals surface area contributed by atoms with Crippen LogP contribution >= 0.6 is 34.5 Å². The topological polar surface area (TPSA) is 301 Å². The van der Waals surface area contributed by atoms with Gasteiger partial charge >= 0.3 is 0 Å². The highest BCUT2D eigenvalue weighted by Crippen LogP contribution is 2.30. The van der Waals surface area contributed by atoms with Crippen LogP contribution in [0.3, 0.4) is 0 Å². The molecule has 6 aromatic rings. The van der Waals surface area contributed by atoms with E-state index in [1.165, 1.54) is 41.3 Å². The number of aliphatic hydroxyl groups is 1. The first-order valence-corrected chi connectivity index (χ1v) is 31.3. The molecule has 3 aromatic heterocycles. The lowest BCUT2D eigenvalue weighted by Crippen LogP contribution is -2.58. The molecule has 3 atom stereocenters. The van der Waals surface area contributed by atoms with Crippen molar-refractivity contribution in [2.24, 2.45) is 5.41 Å². The summed E-state index contributed by atoms with van der Waals surface area (Å²) in [7, 11) is -4.34. The Balaban J connectivity index is 0.684. The molecular formula is C58H72Cl2N12O12S2. The monoisotopic (exact) mass is 1260 g/mol. The highest BCUT2D eigenvalue weighted by Gasteiger charge is 2.44. The largest absolute Gasteiger partial charge is 0.494 e. The standard InChI is InChI=1S/C58H72Cl2N12O12S2/c1-37-52(85-36-63-37)39-13-11-38(12-14-39)31-62-54(75)48-30-42(73)33-71(48)57(78)53(58(2,3)4)66-49(74)35-83-29-28-82-27-26-81-25-23-70-32-41(67-69-70)8-5-6-24-84-43-15-17-44(18-16-43)86(79,80)72-34-47(65-55(76)50-45(59)9-7-10-46(50)60)51(68-72)56(77)64-40-19-21-61-22-20-40/h7,9-18,32,34,36,40,42,48,53,61,73H,5-6,8,19-31,33,35H2,1-4H3,(H,62,75)(H,64,77)(H,65,76)(H,66,74)/t42-,48-,53+/m0/s1. The zero-order valence-corrected chi connectivity index (χ0v) is 51.4. The van der Waals surface area contributed by atoms with Gasteiger partial charge in [0.25, 0.3) is 21.8 Å². The quantitative estimate of drug-likeness (QED) is 0.0318. The number of nitrogens with zero attached hydrogens (tertiary/aromatic N) is 7. The van der Waals surface area contributed by atoms with E-state index in [4.69, 9.17) is 42.1 Å². The average Bonchev–Trinajstić information content (AvgIpc) is 2.00. The Labute approximate surface area is 513 Å². The number of ether oxygens (including phenoxy) is 4. The van der Waals surface area contributed by atoms with Crippen molar-refractivity contribution < 1.29 is 56.4 Å². The summed E-state index contributed by atoms with van der Waals surface area (Å²) < 4.78 is 52.7. The molecule has 86 heavy (non-hydrogen) atoms. The van der Waals surface area contributed by atoms with Gasteiger partial charge in [0.1, 0.15) is 24.4 Å². The highest BCUT2D eigenvalue weighted by atomic mass is 35.5. The van der Waals surface area contributed by atoms with Crippen molar-refractivity contribution in [2.75, 3.05) is 71.2 Å². The number of halogens is 2. The van der Waals surface area contributed by atoms with Gasteiger partial charge < -0.3 is 55.5 Å². The molecule has 2 saturated heterocycles. The van der Waals surface area contributed by atoms with Crippen LogP contribution in [-0.4, -0.2) is 167 Å². The summed E-state index contributed by atoms with van der Waals surface area (Å²) in [6, 6.07) is 16.1. The maximum absolute atomic E-state index is 14.0. The summed E-state index contributed by atoms with van der Waals surface area (Å²) in [6.45, 7) is 10.8. The maximum atomic E-state index is 14.0. The molecule has 3 aromatic carbocycles. The smallest absolute Gasteiger partial charge is 0.283 e. The van der Waals surface area contributed by atoms with Crippen LogP contribution in [0.5, 0.6) is 5.75 Å². The third kappa shape index (κ3) is 17.9. The van der Waals surface area contributed by atoms with E-state index in [1.54, 1.807) is 27.6 Å². The number of β-amino-alcohol motifs (C(OH)–C–C–N with tert-alkyl or cyclic N) is 1. The lowest BCUT2D eigenvalue weighted by Gasteiger charge is -2.35. The fraction of sp³-hybridized carbons (Fsp3) is 0.466. The van der Waals surface area contributed by atoms with Gasteiger partial charge in [-0.1, -0.05) is 79.5 Å². The summed E-state index contributed by atoms with van der Waals surface area (Å²) >= 11 is 14.1. The predicted octanol–water partition coefficient (Wildman–Crippen LogP) is 5.45. The number of aliphatic hydroxyl groups excluding tert-OH is 1. The number of nitrogens with one attached hydrogen (secondary N) is 5. The van der Waals surface area contributed by atoms with Crippen molar-refractivity contribution in [3.8, 4) is 16.2 Å². The van der Waals surface area contributed by atoms with Gasteiger partial charge in [-0.2, -0.15) is 17.6 Å². The molecule has 0 aliphatic carbocycles. The van der Waals surface area contributed by atoms with Crippen LogP contribution in [0, 0.1) is 12.3 Å². The summed E-state index contributed by atoms with van der Waals surface area (Å²) in [6.07, 6.45) is 5.50. The second-order valence-corrected chi connectivity index (χ2v) is 25.3. The highest BCUT2D eigenvalue weighted by molar-refractivity contribution is 7.89. The van der Waals surface area contributed by atoms with E-state index in [1.807, 2.05) is 58.2 Å². The molecule has 0 saturated carbocycles. The van der Waals surface area contributed by atoms with E-state index in [0.29, 0.717) is 75.0 Å². The Kier molecular flexibility index (Phi) is 23.2. The number of benzene rings is 3. The molecule has 28 heteroatoms. The Morgan fingerprint density at radius 2 is 1.57 bits per heavy atom. The number of hydrogen-bond donors (Lipinski definition) is 6. The first-order valence-electron chi connectivity index (χ1n) is 28.3. The van der Waals surface area contributed by atoms with E-state index < -0.39 is 57.3 Å². The number of anilines is 1. The van der Waals surface area contributed by atoms with Crippen molar-refractivity contribution in [1.29, 1.82) is 0 Å². The van der Waals surface area contributed by atoms with E-state index in [-0.39, 0.29) is 89.8 Å². The normalized spacial score (nSPS) is 16.0. The maximum Gasteiger partial charge on any atom is 0.283 e. The van der Waals surface area contributed by atoms with Crippen molar-refractivity contribution in [1.82, 2.24) is 55.3 Å². The van der Waals surface area contributed by atoms with Crippen LogP contribution in [0.4, 0.5) is 5.69 Å². The van der Waals surface area contributed by atoms with Crippen LogP contribution in [0.1, 0.15) is 90.7 Å². The number of carbonyl (C=O) groups excluding carboxylic acids is 5. The van der Waals surface area contributed by atoms with Crippen LogP contribution in [0.15, 0.2) is 89.5 Å². The molecule has 6 N–H and O–H groups in total. The number of hydrogen-bond acceptors (Lipinski definition) is 18. The van der Waals surface area contributed by atoms with Crippen LogP contribution in [-0.2, 0) is 58.1 Å². The molecule has 462 valence electrons. The van der Waals surface area contributed by atoms with Crippen LogP contribution in [0.2, 0.25) is 10.0 Å². The van der Waals surface area contributed by atoms with Crippen LogP contribution < -0.4 is 31.3 Å². The molecule has 2 aliphatic rings. The summed E-state index contributed by atoms with van der Waals surface area (Å²) in [4.78, 5) is 73.9. The molecule has 0 radical (unpaired) electrons. The van der Waals surface area contributed by atoms with Crippen molar-refractivity contribution >= 4 is 79.8 Å². The number of thiazole rings is 1. The number of amides is 5. The number of aryl methyl sites for hydroxylation is 2. The Bertz CT molecular complexity index is 3370. The number of carbonyl (C=O) groups is 5. The van der Waals surface area contributed by atoms with Gasteiger partial charge in [0, 0.05) is 31.7 Å². The second-order valence-electron chi connectivity index (χ2n) is 21.8. The predicted molar refractivity (Wildman–Crippen MR) is 322 cm³/mol. The fourth-order valence-electron chi connectivity index (χ4n) is 9.58. The Hall–Kier alpha value is -6.88. The van der Waals surface area contributed by atoms with Crippen LogP contribution in [0.25, 0.3) is 10.4 Å². The molecule has 24 nitrogen and oxygen atoms in total. The van der Waals surface area contributed by atoms with Gasteiger partial charge in [-0.15, -0.1) is 16.4 Å². The zero-order valence-electron chi connectivity index (χ0n) is 48.3. The minimum Gasteiger partial charge on any atom is -0.494 e. The van der Waals surface area contributed by atoms with Gasteiger partial charge in [0.05, 0.1) is 106 Å². The van der Waals surface area contributed by atoms with E-state index in [2.05, 4.69) is 47.0 Å². The van der Waals surface area contributed by atoms with Crippen molar-refractivity contribution in [3.63, 3.8) is 0 Å². The SMILES string of the molecule is Cc1ncsc1-c1ccc(CNC(=O)[C@@H]2C[C@H](O)CN2C(=O)[C@@H](NC(=O)COCCOCCOCCn2cc(CCCCOc3ccc(S(=O)(=O)n4cc(NC(=O)c5c(Cl)cccc5Cl)c(C(=O)NC5CCNCC5)n4)cc3)nn2)C(C)(C)C)cc1. The van der Waals surface area contributed by atoms with Crippen molar-refractivity contribution in [3.05, 3.63) is 123 Å². The molecule has 2 aliphatic heterocycles. The van der Waals surface area contributed by atoms with Gasteiger partial charge in [-0.3, -0.25) is 24.0 Å². The summed E-state index contributed by atoms with van der Waals surface area (Å²) in [5, 5.41) is 37.7. The zero-order chi connectivity index (χ0) is 61.4. The molecule has 2 fully saturated rings. The lowest BCUT2D eigenvalue weighted by molar-refractivity contribution is -0.144. The third-order valence-corrected chi connectivity index (χ3v) is 17.4. The minimum absolute atomic E-state index is 0.0373. The number of rotatable bonds is 29. The fourth-order valence-corrected chi connectivity index (χ4v) is 12.1. The average molecular weight is 1260 g/mol. The molecule has 8 rings (SSSR count). The van der Waals surface area contributed by atoms with Gasteiger partial charge in [0.2, 0.25) is 17.7 Å². The first-order chi connectivity index (χ1) is 41.2. The van der Waals surface area contributed by atoms with Gasteiger partial charge in [-0.05, 0) is 105 Å². The first kappa shape index (κ1) is 65.1. The summed E-state index contributed by atoms with van der Waals surface area (Å²) in [5.74, 6) is -2.33. The third-order valence-electron chi connectivity index (χ3n) is 14.2. The van der Waals surface area contributed by atoms with E-state index >= 15 is 0 Å². The Morgan fingerprint density at radius 1 is 0.872 bits per heavy atom. The lowest BCUT2D eigenvalue weighted by atomic mass is 9.85. The van der Waals surface area contributed by atoms with Crippen molar-refractivity contribution in [2.45, 2.75) is 108 Å². The number of aromatic nitrogens is 6.